The summed E-state index contributed by atoms with van der Waals surface area (Å²) in [6.45, 7) is 2.19. The maximum Gasteiger partial charge on any atom is 0.125 e. The minimum Gasteiger partial charge on any atom is -0.508 e. The molecule has 22 heavy (non-hydrogen) atoms. The van der Waals surface area contributed by atoms with E-state index in [-0.39, 0.29) is 11.3 Å². The van der Waals surface area contributed by atoms with Crippen molar-refractivity contribution in [2.24, 2.45) is 23.2 Å². The molecule has 0 saturated heterocycles. The fourth-order valence-corrected chi connectivity index (χ4v) is 5.77. The number of aliphatic hydroxyl groups is 1. The summed E-state index contributed by atoms with van der Waals surface area (Å²) in [5, 5.41) is 20.3. The fourth-order valence-electron chi connectivity index (χ4n) is 5.77. The van der Waals surface area contributed by atoms with Crippen molar-refractivity contribution in [3.05, 3.63) is 29.3 Å². The minimum absolute atomic E-state index is 0.0961. The summed E-state index contributed by atoms with van der Waals surface area (Å²) in [4.78, 5) is 11.3. The Morgan fingerprint density at radius 1 is 1.32 bits per heavy atom. The van der Waals surface area contributed by atoms with Crippen molar-refractivity contribution in [1.29, 1.82) is 0 Å². The first kappa shape index (κ1) is 14.3. The van der Waals surface area contributed by atoms with Crippen molar-refractivity contribution in [2.75, 3.05) is 0 Å². The van der Waals surface area contributed by atoms with Crippen LogP contribution < -0.4 is 0 Å². The van der Waals surface area contributed by atoms with Crippen LogP contribution in [-0.4, -0.2) is 22.6 Å². The molecule has 1 aromatic carbocycles. The van der Waals surface area contributed by atoms with E-state index in [9.17, 15) is 15.0 Å². The summed E-state index contributed by atoms with van der Waals surface area (Å²) in [5.74, 6) is 1.71. The van der Waals surface area contributed by atoms with E-state index >= 15 is 0 Å². The number of hydrogen-bond donors (Lipinski definition) is 2. The predicted octanol–water partition coefficient (Wildman–Crippen LogP) is 3.03. The summed E-state index contributed by atoms with van der Waals surface area (Å²) < 4.78 is 0. The van der Waals surface area contributed by atoms with Crippen molar-refractivity contribution >= 4 is 6.29 Å². The molecule has 2 saturated carbocycles. The first-order chi connectivity index (χ1) is 10.5. The number of hydrogen-bond acceptors (Lipinski definition) is 3. The molecule has 118 valence electrons. The average molecular weight is 300 g/mol. The van der Waals surface area contributed by atoms with Crippen molar-refractivity contribution in [3.63, 3.8) is 0 Å². The van der Waals surface area contributed by atoms with Gasteiger partial charge >= 0.3 is 0 Å². The molecule has 3 nitrogen and oxygen atoms in total. The lowest BCUT2D eigenvalue weighted by Crippen LogP contribution is -2.44. The minimum atomic E-state index is -0.475. The maximum absolute atomic E-state index is 11.3. The summed E-state index contributed by atoms with van der Waals surface area (Å²) in [6, 6.07) is 5.80. The van der Waals surface area contributed by atoms with E-state index in [0.717, 1.165) is 38.4 Å². The van der Waals surface area contributed by atoms with Crippen LogP contribution in [0.2, 0.25) is 0 Å². The van der Waals surface area contributed by atoms with Gasteiger partial charge in [-0.1, -0.05) is 13.0 Å². The Kier molecular flexibility index (Phi) is 3.12. The number of fused-ring (bicyclic) bond motifs is 5. The zero-order valence-electron chi connectivity index (χ0n) is 13.0. The van der Waals surface area contributed by atoms with Crippen molar-refractivity contribution < 1.29 is 15.0 Å². The van der Waals surface area contributed by atoms with Gasteiger partial charge in [-0.3, -0.25) is 0 Å². The van der Waals surface area contributed by atoms with Gasteiger partial charge in [-0.2, -0.15) is 0 Å². The number of aryl methyl sites for hydroxylation is 1. The molecule has 3 aliphatic rings. The van der Waals surface area contributed by atoms with Crippen LogP contribution in [0.25, 0.3) is 0 Å². The highest BCUT2D eigenvalue weighted by atomic mass is 16.3. The fraction of sp³-hybridized carbons (Fsp3) is 0.632. The topological polar surface area (TPSA) is 57.5 Å². The van der Waals surface area contributed by atoms with E-state index in [2.05, 4.69) is 13.0 Å². The van der Waals surface area contributed by atoms with E-state index in [1.807, 2.05) is 6.07 Å². The molecule has 0 aromatic heterocycles. The highest BCUT2D eigenvalue weighted by Crippen LogP contribution is 2.61. The van der Waals surface area contributed by atoms with Crippen LogP contribution in [0.3, 0.4) is 0 Å². The van der Waals surface area contributed by atoms with Crippen molar-refractivity contribution in [3.8, 4) is 5.75 Å². The second kappa shape index (κ2) is 4.82. The third-order valence-corrected chi connectivity index (χ3v) is 6.93. The van der Waals surface area contributed by atoms with Crippen LogP contribution in [0.1, 0.15) is 49.7 Å². The van der Waals surface area contributed by atoms with Crippen LogP contribution in [0.4, 0.5) is 0 Å². The van der Waals surface area contributed by atoms with Gasteiger partial charge in [0.2, 0.25) is 0 Å². The third-order valence-electron chi connectivity index (χ3n) is 6.93. The zero-order chi connectivity index (χ0) is 15.5. The van der Waals surface area contributed by atoms with Crippen molar-refractivity contribution in [1.82, 2.24) is 0 Å². The van der Waals surface area contributed by atoms with E-state index in [4.69, 9.17) is 0 Å². The number of phenolic OH excluding ortho intramolecular Hbond substituents is 1. The van der Waals surface area contributed by atoms with Gasteiger partial charge < -0.3 is 15.0 Å². The Labute approximate surface area is 131 Å². The van der Waals surface area contributed by atoms with Gasteiger partial charge in [-0.25, -0.2) is 0 Å². The molecule has 3 aliphatic carbocycles. The lowest BCUT2D eigenvalue weighted by atomic mass is 9.55. The molecule has 0 heterocycles. The van der Waals surface area contributed by atoms with Crippen LogP contribution in [-0.2, 0) is 11.2 Å². The summed E-state index contributed by atoms with van der Waals surface area (Å²) in [6.07, 6.45) is 5.52. The molecule has 3 heteroatoms. The van der Waals surface area contributed by atoms with Crippen LogP contribution >= 0.6 is 0 Å². The smallest absolute Gasteiger partial charge is 0.125 e. The molecular weight excluding hydrogens is 276 g/mol. The predicted molar refractivity (Wildman–Crippen MR) is 83.7 cm³/mol. The molecule has 0 radical (unpaired) electrons. The van der Waals surface area contributed by atoms with Gasteiger partial charge in [-0.15, -0.1) is 0 Å². The highest BCUT2D eigenvalue weighted by molar-refractivity contribution is 5.56. The molecule has 0 amide bonds. The summed E-state index contributed by atoms with van der Waals surface area (Å²) in [7, 11) is 0. The molecular formula is C19H24O3. The van der Waals surface area contributed by atoms with E-state index in [1.165, 1.54) is 11.1 Å². The molecule has 0 spiro atoms. The van der Waals surface area contributed by atoms with Gasteiger partial charge in [0.15, 0.2) is 0 Å². The maximum atomic E-state index is 11.3. The molecule has 2 fully saturated rings. The van der Waals surface area contributed by atoms with Crippen LogP contribution in [0.5, 0.6) is 5.75 Å². The molecule has 2 N–H and O–H groups in total. The Bertz CT molecular complexity index is 611. The van der Waals surface area contributed by atoms with Gasteiger partial charge in [0.25, 0.3) is 0 Å². The van der Waals surface area contributed by atoms with Gasteiger partial charge in [0.1, 0.15) is 12.0 Å². The normalized spacial score (nSPS) is 43.1. The Balaban J connectivity index is 1.70. The first-order valence-corrected chi connectivity index (χ1v) is 8.50. The van der Waals surface area contributed by atoms with Gasteiger partial charge in [0, 0.05) is 5.92 Å². The quantitative estimate of drug-likeness (QED) is 0.784. The number of carbonyl (C=O) groups is 1. The molecule has 0 bridgehead atoms. The van der Waals surface area contributed by atoms with Gasteiger partial charge in [0.05, 0.1) is 6.10 Å². The largest absolute Gasteiger partial charge is 0.508 e. The van der Waals surface area contributed by atoms with E-state index < -0.39 is 6.10 Å². The average Bonchev–Trinajstić information content (AvgIpc) is 2.78. The number of phenols is 1. The molecule has 4 rings (SSSR count). The number of aliphatic hydroxyl groups excluding tert-OH is 1. The molecule has 1 aromatic rings. The van der Waals surface area contributed by atoms with Crippen LogP contribution in [0, 0.1) is 23.2 Å². The van der Waals surface area contributed by atoms with Crippen molar-refractivity contribution in [2.45, 2.75) is 51.0 Å². The second-order valence-electron chi connectivity index (χ2n) is 7.82. The highest BCUT2D eigenvalue weighted by Gasteiger charge is 2.57. The molecule has 0 aliphatic heterocycles. The number of benzene rings is 1. The summed E-state index contributed by atoms with van der Waals surface area (Å²) in [5.41, 5.74) is 2.58. The standard InChI is InChI=1S/C19H24O3/c1-19-7-6-15-14-5-3-13(21)8-11(14)2-4-16(15)17(19)9-12(10-20)18(19)22/h3,5,8,10,12,15-18,21-22H,2,4,6-7,9H2,1H3/t12-,15?,16?,17?,18?,19?/m0/s1. The molecule has 6 atom stereocenters. The zero-order valence-corrected chi connectivity index (χ0v) is 13.0. The lowest BCUT2D eigenvalue weighted by molar-refractivity contribution is -0.115. The Hall–Kier alpha value is -1.35. The Morgan fingerprint density at radius 2 is 2.14 bits per heavy atom. The lowest BCUT2D eigenvalue weighted by Gasteiger charge is -2.50. The number of carbonyl (C=O) groups excluding carboxylic acids is 1. The summed E-state index contributed by atoms with van der Waals surface area (Å²) >= 11 is 0. The Morgan fingerprint density at radius 3 is 2.91 bits per heavy atom. The van der Waals surface area contributed by atoms with E-state index in [1.54, 1.807) is 6.07 Å². The van der Waals surface area contributed by atoms with E-state index in [0.29, 0.717) is 23.5 Å². The first-order valence-electron chi connectivity index (χ1n) is 8.50. The second-order valence-corrected chi connectivity index (χ2v) is 7.82. The van der Waals surface area contributed by atoms with Crippen LogP contribution in [0.15, 0.2) is 18.2 Å². The monoisotopic (exact) mass is 300 g/mol. The number of aromatic hydroxyl groups is 1. The number of rotatable bonds is 1. The molecule has 5 unspecified atom stereocenters. The third kappa shape index (κ3) is 1.81. The number of aldehydes is 1. The van der Waals surface area contributed by atoms with Gasteiger partial charge in [-0.05, 0) is 78.5 Å². The SMILES string of the molecule is CC12CCC3c4ccc(O)cc4CCC3C1C[C@@H](C=O)C2O.